The van der Waals surface area contributed by atoms with E-state index in [2.05, 4.69) is 6.92 Å². The summed E-state index contributed by atoms with van der Waals surface area (Å²) in [6, 6.07) is 2.30. The summed E-state index contributed by atoms with van der Waals surface area (Å²) in [6.45, 7) is 2.33. The van der Waals surface area contributed by atoms with Crippen molar-refractivity contribution in [1.82, 2.24) is 0 Å². The maximum Gasteiger partial charge on any atom is 0.194 e. The van der Waals surface area contributed by atoms with Crippen molar-refractivity contribution in [1.29, 1.82) is 0 Å². The van der Waals surface area contributed by atoms with Gasteiger partial charge in [-0.3, -0.25) is 0 Å². The molecule has 0 saturated heterocycles. The fourth-order valence-electron chi connectivity index (χ4n) is 5.33. The number of rotatable bonds is 7. The smallest absolute Gasteiger partial charge is 0.194 e. The van der Waals surface area contributed by atoms with Gasteiger partial charge >= 0.3 is 0 Å². The molecule has 2 aliphatic rings. The predicted octanol–water partition coefficient (Wildman–Crippen LogP) is 7.84. The van der Waals surface area contributed by atoms with E-state index in [-0.39, 0.29) is 0 Å². The minimum absolute atomic E-state index is 0.580. The van der Waals surface area contributed by atoms with Crippen LogP contribution in [0.4, 0.5) is 13.2 Å². The van der Waals surface area contributed by atoms with Gasteiger partial charge in [0.15, 0.2) is 17.5 Å². The molecule has 1 aromatic rings. The van der Waals surface area contributed by atoms with Crippen LogP contribution in [0.5, 0.6) is 0 Å². The van der Waals surface area contributed by atoms with E-state index in [1.165, 1.54) is 70.6 Å². The Morgan fingerprint density at radius 1 is 0.667 bits per heavy atom. The lowest BCUT2D eigenvalue weighted by Crippen LogP contribution is -2.18. The van der Waals surface area contributed by atoms with E-state index in [1.54, 1.807) is 0 Å². The molecule has 0 heterocycles. The van der Waals surface area contributed by atoms with E-state index in [0.29, 0.717) is 17.9 Å². The van der Waals surface area contributed by atoms with Crippen molar-refractivity contribution in [3.8, 4) is 0 Å². The number of hydrogen-bond donors (Lipinski definition) is 0. The molecule has 0 bridgehead atoms. The summed E-state index contributed by atoms with van der Waals surface area (Å²) in [4.78, 5) is 0. The molecule has 3 rings (SSSR count). The van der Waals surface area contributed by atoms with Crippen LogP contribution in [0.3, 0.4) is 0 Å². The summed E-state index contributed by atoms with van der Waals surface area (Å²) in [7, 11) is 0. The fourth-order valence-corrected chi connectivity index (χ4v) is 5.33. The molecule has 27 heavy (non-hydrogen) atoms. The minimum Gasteiger partial charge on any atom is -0.204 e. The second kappa shape index (κ2) is 9.98. The van der Waals surface area contributed by atoms with E-state index >= 15 is 0 Å². The molecule has 0 unspecified atom stereocenters. The monoisotopic (exact) mass is 380 g/mol. The summed E-state index contributed by atoms with van der Waals surface area (Å²) < 4.78 is 39.7. The molecule has 0 atom stereocenters. The topological polar surface area (TPSA) is 0 Å². The van der Waals surface area contributed by atoms with Crippen molar-refractivity contribution in [2.24, 2.45) is 23.7 Å². The first-order chi connectivity index (χ1) is 13.0. The van der Waals surface area contributed by atoms with Crippen LogP contribution >= 0.6 is 0 Å². The van der Waals surface area contributed by atoms with E-state index < -0.39 is 17.5 Å². The molecule has 3 heteroatoms. The highest BCUT2D eigenvalue weighted by molar-refractivity contribution is 5.19. The maximum atomic E-state index is 13.3. The first-order valence-electron chi connectivity index (χ1n) is 11.2. The zero-order valence-electron chi connectivity index (χ0n) is 16.8. The highest BCUT2D eigenvalue weighted by atomic mass is 19.2. The molecular formula is C24H35F3. The van der Waals surface area contributed by atoms with Crippen LogP contribution in [0.1, 0.15) is 89.5 Å². The van der Waals surface area contributed by atoms with Gasteiger partial charge in [0.1, 0.15) is 0 Å². The lowest BCUT2D eigenvalue weighted by molar-refractivity contribution is 0.212. The predicted molar refractivity (Wildman–Crippen MR) is 105 cm³/mol. The van der Waals surface area contributed by atoms with E-state index in [1.807, 2.05) is 0 Å². The Morgan fingerprint density at radius 3 is 1.52 bits per heavy atom. The van der Waals surface area contributed by atoms with E-state index in [0.717, 1.165) is 36.3 Å². The van der Waals surface area contributed by atoms with E-state index in [4.69, 9.17) is 0 Å². The van der Waals surface area contributed by atoms with Crippen molar-refractivity contribution in [3.05, 3.63) is 35.1 Å². The average molecular weight is 381 g/mol. The Kier molecular flexibility index (Phi) is 7.66. The SMILES string of the molecule is CCC1CCC(CCC2CCC(CCc3cc(F)c(F)c(F)c3)CC2)CC1. The Hall–Kier alpha value is -0.990. The second-order valence-electron chi connectivity index (χ2n) is 9.17. The van der Waals surface area contributed by atoms with Crippen LogP contribution in [0.25, 0.3) is 0 Å². The third kappa shape index (κ3) is 5.99. The first kappa shape index (κ1) is 20.7. The molecule has 2 saturated carbocycles. The molecule has 2 aliphatic carbocycles. The Morgan fingerprint density at radius 2 is 1.07 bits per heavy atom. The van der Waals surface area contributed by atoms with Crippen LogP contribution in [0.15, 0.2) is 12.1 Å². The van der Waals surface area contributed by atoms with Crippen molar-refractivity contribution < 1.29 is 13.2 Å². The largest absolute Gasteiger partial charge is 0.204 e. The lowest BCUT2D eigenvalue weighted by atomic mass is 9.74. The number of hydrogen-bond acceptors (Lipinski definition) is 0. The van der Waals surface area contributed by atoms with Gasteiger partial charge < -0.3 is 0 Å². The molecule has 0 nitrogen and oxygen atoms in total. The van der Waals surface area contributed by atoms with Gasteiger partial charge in [0.25, 0.3) is 0 Å². The summed E-state index contributed by atoms with van der Waals surface area (Å²) >= 11 is 0. The van der Waals surface area contributed by atoms with Crippen molar-refractivity contribution in [3.63, 3.8) is 0 Å². The number of halogens is 3. The van der Waals surface area contributed by atoms with E-state index in [9.17, 15) is 13.2 Å². The van der Waals surface area contributed by atoms with Gasteiger partial charge in [-0.05, 0) is 54.2 Å². The highest BCUT2D eigenvalue weighted by Crippen LogP contribution is 2.38. The Bertz CT molecular complexity index is 558. The standard InChI is InChI=1S/C24H35F3/c1-2-17-3-5-18(6-4-17)7-8-19-9-11-20(12-10-19)13-14-21-15-22(25)24(27)23(26)16-21/h15-20H,2-14H2,1H3. The zero-order chi connectivity index (χ0) is 19.2. The molecule has 0 aliphatic heterocycles. The Balaban J connectivity index is 1.33. The summed E-state index contributed by atoms with van der Waals surface area (Å²) in [6.07, 6.45) is 16.6. The van der Waals surface area contributed by atoms with Gasteiger partial charge in [-0.15, -0.1) is 0 Å². The molecule has 152 valence electrons. The van der Waals surface area contributed by atoms with Crippen LogP contribution in [-0.4, -0.2) is 0 Å². The van der Waals surface area contributed by atoms with Gasteiger partial charge in [-0.2, -0.15) is 0 Å². The summed E-state index contributed by atoms with van der Waals surface area (Å²) in [5, 5.41) is 0. The molecule has 0 N–H and O–H groups in total. The molecule has 0 radical (unpaired) electrons. The molecule has 0 amide bonds. The van der Waals surface area contributed by atoms with Gasteiger partial charge in [-0.1, -0.05) is 77.6 Å². The van der Waals surface area contributed by atoms with Crippen LogP contribution < -0.4 is 0 Å². The van der Waals surface area contributed by atoms with Gasteiger partial charge in [0.05, 0.1) is 0 Å². The van der Waals surface area contributed by atoms with Crippen LogP contribution in [0, 0.1) is 41.1 Å². The lowest BCUT2D eigenvalue weighted by Gasteiger charge is -2.32. The number of benzene rings is 1. The quantitative estimate of drug-likeness (QED) is 0.423. The fraction of sp³-hybridized carbons (Fsp3) is 0.750. The minimum atomic E-state index is -1.36. The second-order valence-corrected chi connectivity index (χ2v) is 9.17. The Labute approximate surface area is 162 Å². The van der Waals surface area contributed by atoms with Crippen molar-refractivity contribution in [2.75, 3.05) is 0 Å². The third-order valence-electron chi connectivity index (χ3n) is 7.38. The number of aryl methyl sites for hydroxylation is 1. The van der Waals surface area contributed by atoms with Crippen LogP contribution in [0.2, 0.25) is 0 Å². The zero-order valence-corrected chi connectivity index (χ0v) is 16.8. The van der Waals surface area contributed by atoms with Crippen molar-refractivity contribution >= 4 is 0 Å². The van der Waals surface area contributed by atoms with Gasteiger partial charge in [0, 0.05) is 0 Å². The normalized spacial score (nSPS) is 29.0. The maximum absolute atomic E-state index is 13.3. The summed E-state index contributed by atoms with van der Waals surface area (Å²) in [5.74, 6) is -0.0115. The molecule has 0 aromatic heterocycles. The van der Waals surface area contributed by atoms with Crippen molar-refractivity contribution in [2.45, 2.75) is 90.4 Å². The third-order valence-corrected chi connectivity index (χ3v) is 7.38. The molecular weight excluding hydrogens is 345 g/mol. The average Bonchev–Trinajstić information content (AvgIpc) is 2.70. The molecule has 0 spiro atoms. The molecule has 1 aromatic carbocycles. The highest BCUT2D eigenvalue weighted by Gasteiger charge is 2.24. The first-order valence-corrected chi connectivity index (χ1v) is 11.2. The summed E-state index contributed by atoms with van der Waals surface area (Å²) in [5.41, 5.74) is 0.580. The van der Waals surface area contributed by atoms with Gasteiger partial charge in [0.2, 0.25) is 0 Å². The van der Waals surface area contributed by atoms with Gasteiger partial charge in [-0.25, -0.2) is 13.2 Å². The van der Waals surface area contributed by atoms with Crippen LogP contribution in [-0.2, 0) is 6.42 Å². The molecule has 2 fully saturated rings.